The quantitative estimate of drug-likeness (QED) is 0.248. The predicted molar refractivity (Wildman–Crippen MR) is 159 cm³/mol. The number of aliphatic hydroxyl groups is 6. The average Bonchev–Trinajstić information content (AvgIpc) is 3.30. The lowest BCUT2D eigenvalue weighted by Crippen LogP contribution is -2.66. The van der Waals surface area contributed by atoms with Gasteiger partial charge in [0.05, 0.1) is 12.7 Å². The number of fused-ring (bicyclic) bond motifs is 5. The summed E-state index contributed by atoms with van der Waals surface area (Å²) >= 11 is 0. The standard InChI is InChI=1S/C34H56O8/c1-18(2)19(3)7-8-20(4)23-9-10-24-22-15-27(36)34(40)16-21(11-14-33(34,6)25(22)12-13-32(23,24)5)41-31-30(39)29(38)28(37)26(17-35)42-31/h7-8,15,18-21,23-31,35-40H,9-14,16-17H2,1-6H3. The fourth-order valence-corrected chi connectivity index (χ4v) is 9.62. The molecule has 0 bridgehead atoms. The van der Waals surface area contributed by atoms with E-state index in [1.54, 1.807) is 0 Å². The van der Waals surface area contributed by atoms with Gasteiger partial charge in [-0.15, -0.1) is 0 Å². The summed E-state index contributed by atoms with van der Waals surface area (Å²) in [5.74, 6) is 2.85. The molecule has 1 heterocycles. The lowest BCUT2D eigenvalue weighted by molar-refractivity contribution is -0.322. The molecular formula is C34H56O8. The van der Waals surface area contributed by atoms with E-state index >= 15 is 0 Å². The van der Waals surface area contributed by atoms with Crippen LogP contribution in [-0.4, -0.2) is 85.8 Å². The van der Waals surface area contributed by atoms with E-state index in [4.69, 9.17) is 9.47 Å². The minimum atomic E-state index is -1.52. The van der Waals surface area contributed by atoms with Crippen LogP contribution in [-0.2, 0) is 9.47 Å². The van der Waals surface area contributed by atoms with Gasteiger partial charge in [-0.2, -0.15) is 0 Å². The van der Waals surface area contributed by atoms with Gasteiger partial charge in [0.1, 0.15) is 36.1 Å². The maximum Gasteiger partial charge on any atom is 0.186 e. The first-order valence-corrected chi connectivity index (χ1v) is 16.4. The average molecular weight is 593 g/mol. The van der Waals surface area contributed by atoms with E-state index in [-0.39, 0.29) is 17.8 Å². The van der Waals surface area contributed by atoms with Crippen molar-refractivity contribution in [2.45, 2.75) is 135 Å². The van der Waals surface area contributed by atoms with Gasteiger partial charge in [-0.05, 0) is 79.4 Å². The van der Waals surface area contributed by atoms with E-state index in [0.29, 0.717) is 42.4 Å². The van der Waals surface area contributed by atoms with Crippen molar-refractivity contribution in [3.63, 3.8) is 0 Å². The van der Waals surface area contributed by atoms with Crippen molar-refractivity contribution in [3.05, 3.63) is 23.8 Å². The molecule has 0 spiro atoms. The van der Waals surface area contributed by atoms with Crippen molar-refractivity contribution in [1.29, 1.82) is 0 Å². The Balaban J connectivity index is 1.33. The molecule has 42 heavy (non-hydrogen) atoms. The molecule has 15 unspecified atom stereocenters. The molecule has 0 aromatic heterocycles. The van der Waals surface area contributed by atoms with Crippen LogP contribution in [0.1, 0.15) is 86.5 Å². The number of rotatable bonds is 7. The highest BCUT2D eigenvalue weighted by molar-refractivity contribution is 5.33. The maximum absolute atomic E-state index is 12.2. The van der Waals surface area contributed by atoms with Crippen molar-refractivity contribution in [2.24, 2.45) is 46.3 Å². The molecule has 6 N–H and O–H groups in total. The first-order valence-electron chi connectivity index (χ1n) is 16.4. The highest BCUT2D eigenvalue weighted by Gasteiger charge is 2.65. The second-order valence-electron chi connectivity index (χ2n) is 15.3. The first-order chi connectivity index (χ1) is 19.7. The predicted octanol–water partition coefficient (Wildman–Crippen LogP) is 3.32. The molecule has 5 aliphatic rings. The molecule has 5 rings (SSSR count). The summed E-state index contributed by atoms with van der Waals surface area (Å²) in [6.45, 7) is 13.3. The molecule has 3 saturated carbocycles. The van der Waals surface area contributed by atoms with E-state index in [9.17, 15) is 30.6 Å². The molecule has 4 aliphatic carbocycles. The SMILES string of the molecule is CC(C)C(C)C=CC(C)C1CCC2C3=CC(O)C4(O)CC(OC5OC(CO)C(O)C(O)C5O)CCC4(C)C3CCC21C. The van der Waals surface area contributed by atoms with Crippen LogP contribution in [0.5, 0.6) is 0 Å². The Labute approximate surface area is 251 Å². The Bertz CT molecular complexity index is 1030. The molecule has 0 aromatic rings. The third-order valence-corrected chi connectivity index (χ3v) is 12.9. The smallest absolute Gasteiger partial charge is 0.186 e. The van der Waals surface area contributed by atoms with Gasteiger partial charge in [0.15, 0.2) is 6.29 Å². The fraction of sp³-hybridized carbons (Fsp3) is 0.882. The second kappa shape index (κ2) is 11.8. The molecule has 1 aliphatic heterocycles. The second-order valence-corrected chi connectivity index (χ2v) is 15.3. The molecule has 15 atom stereocenters. The van der Waals surface area contributed by atoms with Crippen LogP contribution in [0, 0.1) is 46.3 Å². The van der Waals surface area contributed by atoms with E-state index in [1.165, 1.54) is 12.0 Å². The first kappa shape index (κ1) is 32.6. The molecule has 0 radical (unpaired) electrons. The molecule has 0 aromatic carbocycles. The number of aliphatic hydroxyl groups excluding tert-OH is 5. The summed E-state index contributed by atoms with van der Waals surface area (Å²) in [4.78, 5) is 0. The zero-order chi connectivity index (χ0) is 30.8. The van der Waals surface area contributed by atoms with Crippen LogP contribution in [0.15, 0.2) is 23.8 Å². The summed E-state index contributed by atoms with van der Waals surface area (Å²) in [5.41, 5.74) is -0.427. The maximum atomic E-state index is 12.2. The van der Waals surface area contributed by atoms with Crippen LogP contribution in [0.3, 0.4) is 0 Å². The molecule has 8 heteroatoms. The molecule has 8 nitrogen and oxygen atoms in total. The van der Waals surface area contributed by atoms with Crippen molar-refractivity contribution in [2.75, 3.05) is 6.61 Å². The van der Waals surface area contributed by atoms with Gasteiger partial charge in [0, 0.05) is 11.8 Å². The Morgan fingerprint density at radius 2 is 1.64 bits per heavy atom. The van der Waals surface area contributed by atoms with E-state index in [2.05, 4.69) is 53.7 Å². The van der Waals surface area contributed by atoms with Gasteiger partial charge in [0.2, 0.25) is 0 Å². The Morgan fingerprint density at radius 3 is 2.31 bits per heavy atom. The third-order valence-electron chi connectivity index (χ3n) is 12.9. The number of hydrogen-bond acceptors (Lipinski definition) is 8. The largest absolute Gasteiger partial charge is 0.394 e. The van der Waals surface area contributed by atoms with Gasteiger partial charge in [-0.25, -0.2) is 0 Å². The van der Waals surface area contributed by atoms with Crippen LogP contribution < -0.4 is 0 Å². The summed E-state index contributed by atoms with van der Waals surface area (Å²) in [5, 5.41) is 64.2. The van der Waals surface area contributed by atoms with Crippen LogP contribution in [0.2, 0.25) is 0 Å². The van der Waals surface area contributed by atoms with Crippen LogP contribution in [0.4, 0.5) is 0 Å². The molecule has 240 valence electrons. The lowest BCUT2D eigenvalue weighted by Gasteiger charge is -2.62. The van der Waals surface area contributed by atoms with E-state index in [0.717, 1.165) is 19.3 Å². The van der Waals surface area contributed by atoms with Gasteiger partial charge < -0.3 is 40.1 Å². The van der Waals surface area contributed by atoms with Crippen LogP contribution >= 0.6 is 0 Å². The van der Waals surface area contributed by atoms with Gasteiger partial charge in [0.25, 0.3) is 0 Å². The number of ether oxygens (including phenoxy) is 2. The highest BCUT2D eigenvalue weighted by atomic mass is 16.7. The zero-order valence-electron chi connectivity index (χ0n) is 26.4. The molecule has 0 amide bonds. The van der Waals surface area contributed by atoms with E-state index in [1.807, 2.05) is 6.08 Å². The zero-order valence-corrected chi connectivity index (χ0v) is 26.4. The third kappa shape index (κ3) is 5.16. The van der Waals surface area contributed by atoms with E-state index < -0.39 is 60.5 Å². The van der Waals surface area contributed by atoms with Crippen molar-refractivity contribution in [1.82, 2.24) is 0 Å². The summed E-state index contributed by atoms with van der Waals surface area (Å²) in [6, 6.07) is 0. The van der Waals surface area contributed by atoms with Gasteiger partial charge in [-0.1, -0.05) is 65.3 Å². The monoisotopic (exact) mass is 592 g/mol. The topological polar surface area (TPSA) is 140 Å². The minimum Gasteiger partial charge on any atom is -0.394 e. The van der Waals surface area contributed by atoms with Crippen LogP contribution in [0.25, 0.3) is 0 Å². The Hall–Kier alpha value is -0.840. The van der Waals surface area contributed by atoms with Crippen molar-refractivity contribution < 1.29 is 40.1 Å². The van der Waals surface area contributed by atoms with Crippen molar-refractivity contribution in [3.8, 4) is 0 Å². The minimum absolute atomic E-state index is 0.167. The molecule has 1 saturated heterocycles. The lowest BCUT2D eigenvalue weighted by atomic mass is 9.45. The molecule has 4 fully saturated rings. The summed E-state index contributed by atoms with van der Waals surface area (Å²) < 4.78 is 11.6. The number of hydrogen-bond donors (Lipinski definition) is 6. The fourth-order valence-electron chi connectivity index (χ4n) is 9.62. The Morgan fingerprint density at radius 1 is 0.929 bits per heavy atom. The highest BCUT2D eigenvalue weighted by Crippen LogP contribution is 2.67. The summed E-state index contributed by atoms with van der Waals surface area (Å²) in [6.07, 6.45) is 4.25. The normalized spacial score (nSPS) is 50.6. The van der Waals surface area contributed by atoms with Crippen molar-refractivity contribution >= 4 is 0 Å². The molecular weight excluding hydrogens is 536 g/mol. The summed E-state index contributed by atoms with van der Waals surface area (Å²) in [7, 11) is 0. The van der Waals surface area contributed by atoms with Gasteiger partial charge >= 0.3 is 0 Å². The number of allylic oxidation sites excluding steroid dienone is 3. The Kier molecular flexibility index (Phi) is 9.17. The van der Waals surface area contributed by atoms with Gasteiger partial charge in [-0.3, -0.25) is 0 Å².